The van der Waals surface area contributed by atoms with Gasteiger partial charge in [-0.25, -0.2) is 4.79 Å². The Morgan fingerprint density at radius 2 is 1.91 bits per heavy atom. The number of ether oxygens (including phenoxy) is 2. The predicted molar refractivity (Wildman–Crippen MR) is 76.5 cm³/mol. The van der Waals surface area contributed by atoms with Crippen LogP contribution >= 0.6 is 0 Å². The van der Waals surface area contributed by atoms with Crippen LogP contribution in [0, 0.1) is 0 Å². The number of aromatic amines is 1. The molecule has 1 aromatic heterocycles. The molecule has 0 radical (unpaired) electrons. The van der Waals surface area contributed by atoms with Gasteiger partial charge in [0.1, 0.15) is 11.4 Å². The second-order valence-corrected chi connectivity index (χ2v) is 4.24. The van der Waals surface area contributed by atoms with Crippen molar-refractivity contribution >= 4 is 17.8 Å². The third kappa shape index (κ3) is 3.72. The summed E-state index contributed by atoms with van der Waals surface area (Å²) in [7, 11) is 1.42. The first-order valence-corrected chi connectivity index (χ1v) is 6.39. The number of rotatable bonds is 5. The highest BCUT2D eigenvalue weighted by molar-refractivity contribution is 6.06. The average Bonchev–Trinajstić information content (AvgIpc) is 3.07. The number of benzene rings is 1. The SMILES string of the molecule is COc1ccccc1C(=O)NC(=O)COC(=O)c1ccc[nH]1. The van der Waals surface area contributed by atoms with E-state index in [1.165, 1.54) is 19.2 Å². The third-order valence-electron chi connectivity index (χ3n) is 2.76. The molecule has 0 aliphatic carbocycles. The Balaban J connectivity index is 1.89. The summed E-state index contributed by atoms with van der Waals surface area (Å²) >= 11 is 0. The summed E-state index contributed by atoms with van der Waals surface area (Å²) in [4.78, 5) is 37.8. The van der Waals surface area contributed by atoms with Crippen molar-refractivity contribution in [3.8, 4) is 5.75 Å². The molecule has 7 nitrogen and oxygen atoms in total. The quantitative estimate of drug-likeness (QED) is 0.807. The summed E-state index contributed by atoms with van der Waals surface area (Å²) in [6.45, 7) is -0.557. The average molecular weight is 302 g/mol. The maximum Gasteiger partial charge on any atom is 0.355 e. The molecule has 1 aromatic carbocycles. The third-order valence-corrected chi connectivity index (χ3v) is 2.76. The number of H-pyrrole nitrogens is 1. The Labute approximate surface area is 126 Å². The second-order valence-electron chi connectivity index (χ2n) is 4.24. The van der Waals surface area contributed by atoms with Gasteiger partial charge in [0.2, 0.25) is 0 Å². The van der Waals surface area contributed by atoms with Crippen LogP contribution in [-0.2, 0) is 9.53 Å². The summed E-state index contributed by atoms with van der Waals surface area (Å²) in [5, 5.41) is 2.13. The van der Waals surface area contributed by atoms with E-state index in [1.807, 2.05) is 0 Å². The molecule has 114 valence electrons. The lowest BCUT2D eigenvalue weighted by Gasteiger charge is -2.08. The number of methoxy groups -OCH3 is 1. The molecule has 0 bridgehead atoms. The number of aromatic nitrogens is 1. The fourth-order valence-corrected chi connectivity index (χ4v) is 1.73. The van der Waals surface area contributed by atoms with Gasteiger partial charge in [-0.05, 0) is 24.3 Å². The molecule has 2 N–H and O–H groups in total. The van der Waals surface area contributed by atoms with Gasteiger partial charge in [0, 0.05) is 6.20 Å². The number of hydrogen-bond acceptors (Lipinski definition) is 5. The van der Waals surface area contributed by atoms with Gasteiger partial charge < -0.3 is 14.5 Å². The van der Waals surface area contributed by atoms with Crippen LogP contribution in [0.5, 0.6) is 5.75 Å². The molecule has 0 unspecified atom stereocenters. The molecule has 0 aliphatic heterocycles. The first kappa shape index (κ1) is 15.3. The monoisotopic (exact) mass is 302 g/mol. The van der Waals surface area contributed by atoms with E-state index in [2.05, 4.69) is 10.3 Å². The summed E-state index contributed by atoms with van der Waals surface area (Å²) in [6, 6.07) is 9.61. The molecule has 2 aromatic rings. The highest BCUT2D eigenvalue weighted by atomic mass is 16.5. The Morgan fingerprint density at radius 3 is 2.59 bits per heavy atom. The van der Waals surface area contributed by atoms with E-state index in [9.17, 15) is 14.4 Å². The number of carbonyl (C=O) groups excluding carboxylic acids is 3. The van der Waals surface area contributed by atoms with Gasteiger partial charge in [-0.3, -0.25) is 14.9 Å². The van der Waals surface area contributed by atoms with Gasteiger partial charge in [0.15, 0.2) is 6.61 Å². The number of esters is 1. The largest absolute Gasteiger partial charge is 0.496 e. The van der Waals surface area contributed by atoms with Gasteiger partial charge in [-0.2, -0.15) is 0 Å². The van der Waals surface area contributed by atoms with Crippen molar-refractivity contribution < 1.29 is 23.9 Å². The van der Waals surface area contributed by atoms with Crippen molar-refractivity contribution in [2.45, 2.75) is 0 Å². The zero-order valence-electron chi connectivity index (χ0n) is 11.8. The number of hydrogen-bond donors (Lipinski definition) is 2. The van der Waals surface area contributed by atoms with E-state index in [0.29, 0.717) is 5.75 Å². The second kappa shape index (κ2) is 7.07. The van der Waals surface area contributed by atoms with E-state index in [4.69, 9.17) is 9.47 Å². The highest BCUT2D eigenvalue weighted by Crippen LogP contribution is 2.16. The molecule has 0 atom stereocenters. The minimum Gasteiger partial charge on any atom is -0.496 e. The first-order valence-electron chi connectivity index (χ1n) is 6.39. The van der Waals surface area contributed by atoms with Crippen molar-refractivity contribution in [2.75, 3.05) is 13.7 Å². The summed E-state index contributed by atoms with van der Waals surface area (Å²) in [5.41, 5.74) is 0.442. The maximum atomic E-state index is 11.9. The van der Waals surface area contributed by atoms with Crippen LogP contribution in [0.2, 0.25) is 0 Å². The summed E-state index contributed by atoms with van der Waals surface area (Å²) in [5.74, 6) is -1.68. The van der Waals surface area contributed by atoms with Crippen LogP contribution in [0.3, 0.4) is 0 Å². The molecule has 2 amide bonds. The van der Waals surface area contributed by atoms with Gasteiger partial charge in [-0.15, -0.1) is 0 Å². The Hall–Kier alpha value is -3.09. The topological polar surface area (TPSA) is 97.5 Å². The number of imide groups is 1. The van der Waals surface area contributed by atoms with Crippen molar-refractivity contribution in [3.63, 3.8) is 0 Å². The number of nitrogens with one attached hydrogen (secondary N) is 2. The van der Waals surface area contributed by atoms with Crippen molar-refractivity contribution in [1.82, 2.24) is 10.3 Å². The summed E-state index contributed by atoms with van der Waals surface area (Å²) < 4.78 is 9.81. The lowest BCUT2D eigenvalue weighted by molar-refractivity contribution is -0.123. The van der Waals surface area contributed by atoms with E-state index in [0.717, 1.165) is 0 Å². The zero-order chi connectivity index (χ0) is 15.9. The molecule has 0 aliphatic rings. The van der Waals surface area contributed by atoms with Gasteiger partial charge >= 0.3 is 5.97 Å². The van der Waals surface area contributed by atoms with E-state index < -0.39 is 24.4 Å². The van der Waals surface area contributed by atoms with Crippen LogP contribution in [-0.4, -0.2) is 36.5 Å². The zero-order valence-corrected chi connectivity index (χ0v) is 11.8. The molecule has 0 fully saturated rings. The molecule has 22 heavy (non-hydrogen) atoms. The van der Waals surface area contributed by atoms with Crippen LogP contribution in [0.15, 0.2) is 42.6 Å². The Morgan fingerprint density at radius 1 is 1.14 bits per heavy atom. The Kier molecular flexibility index (Phi) is 4.92. The van der Waals surface area contributed by atoms with Crippen LogP contribution in [0.25, 0.3) is 0 Å². The number of para-hydroxylation sites is 1. The molecule has 0 saturated carbocycles. The molecular weight excluding hydrogens is 288 g/mol. The van der Waals surface area contributed by atoms with Gasteiger partial charge in [0.25, 0.3) is 11.8 Å². The van der Waals surface area contributed by atoms with Crippen molar-refractivity contribution in [3.05, 3.63) is 53.9 Å². The fraction of sp³-hybridized carbons (Fsp3) is 0.133. The molecule has 0 saturated heterocycles. The lowest BCUT2D eigenvalue weighted by atomic mass is 10.2. The minimum atomic E-state index is -0.726. The molecule has 1 heterocycles. The van der Waals surface area contributed by atoms with Gasteiger partial charge in [-0.1, -0.05) is 12.1 Å². The highest BCUT2D eigenvalue weighted by Gasteiger charge is 2.16. The van der Waals surface area contributed by atoms with Gasteiger partial charge in [0.05, 0.1) is 12.7 Å². The maximum absolute atomic E-state index is 11.9. The molecule has 0 spiro atoms. The van der Waals surface area contributed by atoms with E-state index in [1.54, 1.807) is 30.5 Å². The van der Waals surface area contributed by atoms with Crippen molar-refractivity contribution in [2.24, 2.45) is 0 Å². The van der Waals surface area contributed by atoms with Crippen molar-refractivity contribution in [1.29, 1.82) is 0 Å². The fourth-order valence-electron chi connectivity index (χ4n) is 1.73. The predicted octanol–water partition coefficient (Wildman–Crippen LogP) is 1.14. The minimum absolute atomic E-state index is 0.217. The normalized spacial score (nSPS) is 9.86. The first-order chi connectivity index (χ1) is 10.6. The molecule has 2 rings (SSSR count). The standard InChI is InChI=1S/C15H14N2O5/c1-21-12-7-3-2-5-10(12)14(19)17-13(18)9-22-15(20)11-6-4-8-16-11/h2-8,16H,9H2,1H3,(H,17,18,19). The van der Waals surface area contributed by atoms with E-state index >= 15 is 0 Å². The van der Waals surface area contributed by atoms with Crippen LogP contribution in [0.1, 0.15) is 20.8 Å². The summed E-state index contributed by atoms with van der Waals surface area (Å²) in [6.07, 6.45) is 1.56. The van der Waals surface area contributed by atoms with Crippen LogP contribution in [0.4, 0.5) is 0 Å². The van der Waals surface area contributed by atoms with E-state index in [-0.39, 0.29) is 11.3 Å². The Bertz CT molecular complexity index is 679. The smallest absolute Gasteiger partial charge is 0.355 e. The molecule has 7 heteroatoms. The number of carbonyl (C=O) groups is 3. The lowest BCUT2D eigenvalue weighted by Crippen LogP contribution is -2.34. The number of amides is 2. The molecular formula is C15H14N2O5. The van der Waals surface area contributed by atoms with Crippen LogP contribution < -0.4 is 10.1 Å².